The van der Waals surface area contributed by atoms with Crippen LogP contribution >= 0.6 is 0 Å². The standard InChI is InChI=1S/C17H25NO5/c1-2-20-10-11-22-14-5-7-15(8-6-14)23-13-17(19)18-12-16-4-3-9-21-16/h5-8,16H,2-4,9-13H2,1H3,(H,18,19). The molecule has 2 rings (SSSR count). The van der Waals surface area contributed by atoms with Crippen molar-refractivity contribution in [3.8, 4) is 11.5 Å². The molecule has 1 fully saturated rings. The highest BCUT2D eigenvalue weighted by Crippen LogP contribution is 2.17. The Bertz CT molecular complexity index is 457. The van der Waals surface area contributed by atoms with Crippen molar-refractivity contribution in [1.29, 1.82) is 0 Å². The lowest BCUT2D eigenvalue weighted by Gasteiger charge is -2.11. The zero-order valence-corrected chi connectivity index (χ0v) is 13.6. The summed E-state index contributed by atoms with van der Waals surface area (Å²) in [6.07, 6.45) is 2.22. The van der Waals surface area contributed by atoms with Gasteiger partial charge in [-0.25, -0.2) is 0 Å². The van der Waals surface area contributed by atoms with Crippen molar-refractivity contribution >= 4 is 5.91 Å². The fourth-order valence-electron chi connectivity index (χ4n) is 2.23. The Hall–Kier alpha value is -1.79. The van der Waals surface area contributed by atoms with E-state index < -0.39 is 0 Å². The molecule has 1 heterocycles. The van der Waals surface area contributed by atoms with Gasteiger partial charge in [0.1, 0.15) is 18.1 Å². The molecule has 1 amide bonds. The minimum absolute atomic E-state index is 0.00271. The van der Waals surface area contributed by atoms with Crippen molar-refractivity contribution in [2.24, 2.45) is 0 Å². The van der Waals surface area contributed by atoms with E-state index in [9.17, 15) is 4.79 Å². The van der Waals surface area contributed by atoms with Crippen LogP contribution in [0.15, 0.2) is 24.3 Å². The van der Waals surface area contributed by atoms with E-state index in [1.807, 2.05) is 19.1 Å². The first-order valence-corrected chi connectivity index (χ1v) is 8.09. The van der Waals surface area contributed by atoms with Gasteiger partial charge in [0.2, 0.25) is 0 Å². The van der Waals surface area contributed by atoms with Crippen molar-refractivity contribution < 1.29 is 23.7 Å². The molecular formula is C17H25NO5. The number of ether oxygens (including phenoxy) is 4. The van der Waals surface area contributed by atoms with Crippen molar-refractivity contribution in [3.63, 3.8) is 0 Å². The summed E-state index contributed by atoms with van der Waals surface area (Å²) >= 11 is 0. The number of rotatable bonds is 10. The average molecular weight is 323 g/mol. The van der Waals surface area contributed by atoms with Gasteiger partial charge in [-0.15, -0.1) is 0 Å². The lowest BCUT2D eigenvalue weighted by Crippen LogP contribution is -2.35. The minimum atomic E-state index is -0.141. The summed E-state index contributed by atoms with van der Waals surface area (Å²) in [5.74, 6) is 1.24. The molecule has 1 aliphatic rings. The van der Waals surface area contributed by atoms with Crippen LogP contribution < -0.4 is 14.8 Å². The number of hydrogen-bond acceptors (Lipinski definition) is 5. The first-order chi connectivity index (χ1) is 11.3. The second kappa shape index (κ2) is 10.1. The van der Waals surface area contributed by atoms with Crippen LogP contribution in [0.25, 0.3) is 0 Å². The Kier molecular flexibility index (Phi) is 7.69. The van der Waals surface area contributed by atoms with Crippen molar-refractivity contribution in [1.82, 2.24) is 5.32 Å². The zero-order valence-electron chi connectivity index (χ0n) is 13.6. The lowest BCUT2D eigenvalue weighted by atomic mass is 10.2. The number of amides is 1. The van der Waals surface area contributed by atoms with Gasteiger partial charge in [0.15, 0.2) is 6.61 Å². The Labute approximate surface area is 137 Å². The third-order valence-electron chi connectivity index (χ3n) is 3.45. The molecule has 1 unspecified atom stereocenters. The molecule has 6 nitrogen and oxygen atoms in total. The summed E-state index contributed by atoms with van der Waals surface area (Å²) in [7, 11) is 0. The van der Waals surface area contributed by atoms with Crippen LogP contribution in [0, 0.1) is 0 Å². The molecule has 0 spiro atoms. The smallest absolute Gasteiger partial charge is 0.258 e. The molecule has 1 atom stereocenters. The molecule has 1 saturated heterocycles. The van der Waals surface area contributed by atoms with Crippen LogP contribution in [0.4, 0.5) is 0 Å². The molecule has 23 heavy (non-hydrogen) atoms. The summed E-state index contributed by atoms with van der Waals surface area (Å²) in [6.45, 7) is 5.05. The SMILES string of the molecule is CCOCCOc1ccc(OCC(=O)NCC2CCCO2)cc1. The third-order valence-corrected chi connectivity index (χ3v) is 3.45. The fourth-order valence-corrected chi connectivity index (χ4v) is 2.23. The molecule has 1 aromatic carbocycles. The molecule has 1 aromatic rings. The third kappa shape index (κ3) is 6.88. The van der Waals surface area contributed by atoms with Crippen LogP contribution in [0.2, 0.25) is 0 Å². The highest BCUT2D eigenvalue weighted by Gasteiger charge is 2.16. The highest BCUT2D eigenvalue weighted by molar-refractivity contribution is 5.77. The number of hydrogen-bond donors (Lipinski definition) is 1. The maximum Gasteiger partial charge on any atom is 0.258 e. The lowest BCUT2D eigenvalue weighted by molar-refractivity contribution is -0.123. The summed E-state index contributed by atoms with van der Waals surface area (Å²) in [5.41, 5.74) is 0. The van der Waals surface area contributed by atoms with Gasteiger partial charge in [-0.05, 0) is 44.0 Å². The number of nitrogens with one attached hydrogen (secondary N) is 1. The predicted molar refractivity (Wildman–Crippen MR) is 85.9 cm³/mol. The van der Waals surface area contributed by atoms with Gasteiger partial charge in [0.05, 0.1) is 12.7 Å². The predicted octanol–water partition coefficient (Wildman–Crippen LogP) is 1.78. The van der Waals surface area contributed by atoms with Crippen LogP contribution in [-0.2, 0) is 14.3 Å². The summed E-state index contributed by atoms with van der Waals surface area (Å²) in [6, 6.07) is 7.18. The monoisotopic (exact) mass is 323 g/mol. The van der Waals surface area contributed by atoms with Gasteiger partial charge < -0.3 is 24.3 Å². The van der Waals surface area contributed by atoms with Gasteiger partial charge in [0, 0.05) is 19.8 Å². The maximum atomic E-state index is 11.7. The Morgan fingerprint density at radius 2 is 1.96 bits per heavy atom. The number of carbonyl (C=O) groups is 1. The van der Waals surface area contributed by atoms with E-state index in [1.165, 1.54) is 0 Å². The molecular weight excluding hydrogens is 298 g/mol. The number of carbonyl (C=O) groups excluding carboxylic acids is 1. The van der Waals surface area contributed by atoms with Crippen LogP contribution in [0.3, 0.4) is 0 Å². The van der Waals surface area contributed by atoms with E-state index in [0.717, 1.165) is 25.2 Å². The van der Waals surface area contributed by atoms with Crippen LogP contribution in [-0.4, -0.2) is 51.6 Å². The summed E-state index contributed by atoms with van der Waals surface area (Å²) in [5, 5.41) is 2.82. The molecule has 0 aliphatic carbocycles. The maximum absolute atomic E-state index is 11.7. The largest absolute Gasteiger partial charge is 0.491 e. The fraction of sp³-hybridized carbons (Fsp3) is 0.588. The molecule has 1 aliphatic heterocycles. The topological polar surface area (TPSA) is 66.0 Å². The van der Waals surface area contributed by atoms with E-state index in [0.29, 0.717) is 32.1 Å². The van der Waals surface area contributed by atoms with E-state index in [4.69, 9.17) is 18.9 Å². The van der Waals surface area contributed by atoms with E-state index in [2.05, 4.69) is 5.32 Å². The second-order valence-corrected chi connectivity index (χ2v) is 5.24. The van der Waals surface area contributed by atoms with Crippen LogP contribution in [0.5, 0.6) is 11.5 Å². The first-order valence-electron chi connectivity index (χ1n) is 8.09. The molecule has 0 radical (unpaired) electrons. The van der Waals surface area contributed by atoms with Crippen molar-refractivity contribution in [3.05, 3.63) is 24.3 Å². The minimum Gasteiger partial charge on any atom is -0.491 e. The molecule has 128 valence electrons. The van der Waals surface area contributed by atoms with Gasteiger partial charge in [-0.2, -0.15) is 0 Å². The van der Waals surface area contributed by atoms with Crippen LogP contribution in [0.1, 0.15) is 19.8 Å². The van der Waals surface area contributed by atoms with Crippen molar-refractivity contribution in [2.75, 3.05) is 39.6 Å². The van der Waals surface area contributed by atoms with Gasteiger partial charge in [0.25, 0.3) is 5.91 Å². The first kappa shape index (κ1) is 17.6. The van der Waals surface area contributed by atoms with Gasteiger partial charge in [-0.3, -0.25) is 4.79 Å². The van der Waals surface area contributed by atoms with Gasteiger partial charge in [-0.1, -0.05) is 0 Å². The molecule has 0 bridgehead atoms. The van der Waals surface area contributed by atoms with E-state index in [-0.39, 0.29) is 18.6 Å². The molecule has 1 N–H and O–H groups in total. The normalized spacial score (nSPS) is 17.0. The summed E-state index contributed by atoms with van der Waals surface area (Å²) in [4.78, 5) is 11.7. The zero-order chi connectivity index (χ0) is 16.3. The average Bonchev–Trinajstić information content (AvgIpc) is 3.09. The van der Waals surface area contributed by atoms with E-state index >= 15 is 0 Å². The highest BCUT2D eigenvalue weighted by atomic mass is 16.5. The molecule has 0 aromatic heterocycles. The Morgan fingerprint density at radius 1 is 1.22 bits per heavy atom. The molecule has 0 saturated carbocycles. The van der Waals surface area contributed by atoms with Gasteiger partial charge >= 0.3 is 0 Å². The second-order valence-electron chi connectivity index (χ2n) is 5.24. The Balaban J connectivity index is 1.61. The summed E-state index contributed by atoms with van der Waals surface area (Å²) < 4.78 is 21.6. The van der Waals surface area contributed by atoms with Crippen molar-refractivity contribution in [2.45, 2.75) is 25.9 Å². The molecule has 6 heteroatoms. The quantitative estimate of drug-likeness (QED) is 0.665. The number of benzene rings is 1. The Morgan fingerprint density at radius 3 is 2.61 bits per heavy atom. The van der Waals surface area contributed by atoms with E-state index in [1.54, 1.807) is 12.1 Å².